The maximum Gasteiger partial charge on any atom is 0.244 e. The summed E-state index contributed by atoms with van der Waals surface area (Å²) in [6.07, 6.45) is 8.20. The summed E-state index contributed by atoms with van der Waals surface area (Å²) in [4.78, 5) is 19.7. The topological polar surface area (TPSA) is 36.0 Å². The highest BCUT2D eigenvalue weighted by Gasteiger charge is 2.34. The maximum atomic E-state index is 12.9. The maximum absolute atomic E-state index is 12.9. The van der Waals surface area contributed by atoms with Crippen LogP contribution in [-0.2, 0) is 11.2 Å². The minimum atomic E-state index is 0.0571. The fraction of sp³-hybridized carbons (Fsp3) is 0.682. The number of fused-ring (bicyclic) bond motifs is 1. The van der Waals surface area contributed by atoms with Gasteiger partial charge in [-0.05, 0) is 89.0 Å². The van der Waals surface area contributed by atoms with E-state index in [1.165, 1.54) is 37.9 Å². The zero-order valence-corrected chi connectivity index (χ0v) is 16.7. The van der Waals surface area contributed by atoms with Crippen LogP contribution in [-0.4, -0.2) is 68.1 Å². The highest BCUT2D eigenvalue weighted by Crippen LogP contribution is 2.33. The molecular weight excluding hydrogens is 338 g/mol. The van der Waals surface area contributed by atoms with Gasteiger partial charge in [0.25, 0.3) is 0 Å². The first-order valence-corrected chi connectivity index (χ1v) is 10.7. The van der Waals surface area contributed by atoms with Gasteiger partial charge < -0.3 is 14.5 Å². The van der Waals surface area contributed by atoms with Gasteiger partial charge in [-0.1, -0.05) is 6.42 Å². The summed E-state index contributed by atoms with van der Waals surface area (Å²) in [5, 5.41) is 0. The van der Waals surface area contributed by atoms with Gasteiger partial charge in [0.2, 0.25) is 5.91 Å². The molecule has 1 amide bonds. The molecule has 3 aliphatic rings. The molecule has 3 aliphatic heterocycles. The van der Waals surface area contributed by atoms with E-state index < -0.39 is 0 Å². The Morgan fingerprint density at radius 3 is 2.74 bits per heavy atom. The third-order valence-corrected chi connectivity index (χ3v) is 6.35. The molecule has 3 heterocycles. The van der Waals surface area contributed by atoms with E-state index >= 15 is 0 Å². The van der Waals surface area contributed by atoms with Crippen molar-refractivity contribution in [3.63, 3.8) is 0 Å². The van der Waals surface area contributed by atoms with Crippen molar-refractivity contribution in [3.8, 4) is 5.75 Å². The van der Waals surface area contributed by atoms with Gasteiger partial charge in [-0.15, -0.1) is 0 Å². The Labute approximate surface area is 163 Å². The van der Waals surface area contributed by atoms with Crippen molar-refractivity contribution in [2.75, 3.05) is 51.3 Å². The number of hydrogen-bond donors (Lipinski definition) is 0. The number of piperidine rings is 1. The Morgan fingerprint density at radius 2 is 1.96 bits per heavy atom. The van der Waals surface area contributed by atoms with Gasteiger partial charge in [0.1, 0.15) is 5.75 Å². The van der Waals surface area contributed by atoms with Crippen LogP contribution < -0.4 is 9.64 Å². The number of likely N-dealkylation sites (N-methyl/N-ethyl adjacent to an activating group) is 1. The standard InChI is InChI=1S/C22H33N3O2/c1-23-11-5-7-21(23)22(26)25-15-10-18-17-19(8-9-20(18)25)27-16-6-14-24-12-3-2-4-13-24/h8-9,17,21H,2-7,10-16H2,1H3. The molecule has 0 N–H and O–H groups in total. The lowest BCUT2D eigenvalue weighted by Gasteiger charge is -2.26. The molecule has 2 saturated heterocycles. The van der Waals surface area contributed by atoms with Crippen LogP contribution in [0.5, 0.6) is 5.75 Å². The normalized spacial score (nSPS) is 23.6. The lowest BCUT2D eigenvalue weighted by atomic mass is 10.1. The van der Waals surface area contributed by atoms with E-state index in [0.717, 1.165) is 63.4 Å². The van der Waals surface area contributed by atoms with E-state index in [2.05, 4.69) is 29.0 Å². The van der Waals surface area contributed by atoms with Crippen molar-refractivity contribution in [2.45, 2.75) is 51.0 Å². The molecule has 1 atom stereocenters. The summed E-state index contributed by atoms with van der Waals surface area (Å²) >= 11 is 0. The van der Waals surface area contributed by atoms with Crippen molar-refractivity contribution < 1.29 is 9.53 Å². The molecule has 5 nitrogen and oxygen atoms in total. The second-order valence-corrected chi connectivity index (χ2v) is 8.27. The second kappa shape index (κ2) is 8.61. The smallest absolute Gasteiger partial charge is 0.244 e. The monoisotopic (exact) mass is 371 g/mol. The summed E-state index contributed by atoms with van der Waals surface area (Å²) in [6.45, 7) is 6.24. The molecule has 5 heteroatoms. The SMILES string of the molecule is CN1CCCC1C(=O)N1CCc2cc(OCCCN3CCCCC3)ccc21. The third kappa shape index (κ3) is 4.30. The van der Waals surface area contributed by atoms with Gasteiger partial charge in [0.05, 0.1) is 12.6 Å². The molecule has 0 aliphatic carbocycles. The molecule has 148 valence electrons. The number of nitrogens with zero attached hydrogens (tertiary/aromatic N) is 3. The van der Waals surface area contributed by atoms with Crippen LogP contribution in [0.4, 0.5) is 5.69 Å². The second-order valence-electron chi connectivity index (χ2n) is 8.27. The number of anilines is 1. The van der Waals surface area contributed by atoms with Crippen LogP contribution in [0.1, 0.15) is 44.1 Å². The molecule has 1 unspecified atom stereocenters. The van der Waals surface area contributed by atoms with E-state index in [9.17, 15) is 4.79 Å². The number of ether oxygens (including phenoxy) is 1. The van der Waals surface area contributed by atoms with E-state index in [1.54, 1.807) is 0 Å². The Hall–Kier alpha value is -1.59. The number of carbonyl (C=O) groups excluding carboxylic acids is 1. The highest BCUT2D eigenvalue weighted by molar-refractivity contribution is 5.99. The van der Waals surface area contributed by atoms with E-state index in [0.29, 0.717) is 0 Å². The van der Waals surface area contributed by atoms with Gasteiger partial charge in [0, 0.05) is 18.8 Å². The van der Waals surface area contributed by atoms with Crippen molar-refractivity contribution >= 4 is 11.6 Å². The Kier molecular flexibility index (Phi) is 5.98. The third-order valence-electron chi connectivity index (χ3n) is 6.35. The van der Waals surface area contributed by atoms with E-state index in [4.69, 9.17) is 4.74 Å². The van der Waals surface area contributed by atoms with Crippen LogP contribution >= 0.6 is 0 Å². The zero-order chi connectivity index (χ0) is 18.6. The lowest BCUT2D eigenvalue weighted by molar-refractivity contribution is -0.122. The summed E-state index contributed by atoms with van der Waals surface area (Å²) in [7, 11) is 2.06. The van der Waals surface area contributed by atoms with Crippen molar-refractivity contribution in [2.24, 2.45) is 0 Å². The lowest BCUT2D eigenvalue weighted by Crippen LogP contribution is -2.43. The van der Waals surface area contributed by atoms with Crippen LogP contribution in [0.15, 0.2) is 18.2 Å². The number of amides is 1. The molecule has 0 radical (unpaired) electrons. The van der Waals surface area contributed by atoms with E-state index in [1.807, 2.05) is 11.0 Å². The minimum Gasteiger partial charge on any atom is -0.494 e. The predicted octanol–water partition coefficient (Wildman–Crippen LogP) is 2.92. The Bertz CT molecular complexity index is 657. The van der Waals surface area contributed by atoms with Crippen molar-refractivity contribution in [3.05, 3.63) is 23.8 Å². The number of benzene rings is 1. The van der Waals surface area contributed by atoms with Crippen LogP contribution in [0.2, 0.25) is 0 Å². The average molecular weight is 372 g/mol. The molecular formula is C22H33N3O2. The molecule has 1 aromatic rings. The molecule has 0 saturated carbocycles. The van der Waals surface area contributed by atoms with Gasteiger partial charge in [-0.2, -0.15) is 0 Å². The van der Waals surface area contributed by atoms with Crippen molar-refractivity contribution in [1.82, 2.24) is 9.80 Å². The molecule has 2 fully saturated rings. The largest absolute Gasteiger partial charge is 0.494 e. The quantitative estimate of drug-likeness (QED) is 0.721. The van der Waals surface area contributed by atoms with Gasteiger partial charge in [0.15, 0.2) is 0 Å². The first kappa shape index (κ1) is 18.8. The minimum absolute atomic E-state index is 0.0571. The molecule has 0 bridgehead atoms. The fourth-order valence-corrected chi connectivity index (χ4v) is 4.76. The first-order valence-electron chi connectivity index (χ1n) is 10.7. The molecule has 27 heavy (non-hydrogen) atoms. The number of likely N-dealkylation sites (tertiary alicyclic amines) is 2. The number of carbonyl (C=O) groups is 1. The highest BCUT2D eigenvalue weighted by atomic mass is 16.5. The van der Waals surface area contributed by atoms with Gasteiger partial charge in [-0.25, -0.2) is 0 Å². The predicted molar refractivity (Wildman–Crippen MR) is 109 cm³/mol. The first-order chi connectivity index (χ1) is 13.2. The Morgan fingerprint density at radius 1 is 1.11 bits per heavy atom. The van der Waals surface area contributed by atoms with Crippen LogP contribution in [0, 0.1) is 0 Å². The Balaban J connectivity index is 1.29. The number of hydrogen-bond acceptors (Lipinski definition) is 4. The molecule has 0 aromatic heterocycles. The van der Waals surface area contributed by atoms with Gasteiger partial charge >= 0.3 is 0 Å². The number of rotatable bonds is 6. The van der Waals surface area contributed by atoms with Crippen molar-refractivity contribution in [1.29, 1.82) is 0 Å². The average Bonchev–Trinajstić information content (AvgIpc) is 3.31. The van der Waals surface area contributed by atoms with Gasteiger partial charge in [-0.3, -0.25) is 9.69 Å². The summed E-state index contributed by atoms with van der Waals surface area (Å²) < 4.78 is 6.00. The summed E-state index contributed by atoms with van der Waals surface area (Å²) in [6, 6.07) is 6.31. The molecule has 1 aromatic carbocycles. The summed E-state index contributed by atoms with van der Waals surface area (Å²) in [5.74, 6) is 1.21. The summed E-state index contributed by atoms with van der Waals surface area (Å²) in [5.41, 5.74) is 2.33. The zero-order valence-electron chi connectivity index (χ0n) is 16.7. The van der Waals surface area contributed by atoms with Crippen LogP contribution in [0.25, 0.3) is 0 Å². The fourth-order valence-electron chi connectivity index (χ4n) is 4.76. The van der Waals surface area contributed by atoms with Crippen LogP contribution in [0.3, 0.4) is 0 Å². The molecule has 4 rings (SSSR count). The molecule has 0 spiro atoms. The van der Waals surface area contributed by atoms with E-state index in [-0.39, 0.29) is 11.9 Å².